The number of nitrogens with zero attached hydrogens (tertiary/aromatic N) is 2. The van der Waals surface area contributed by atoms with Crippen LogP contribution in [0.15, 0.2) is 60.7 Å². The van der Waals surface area contributed by atoms with Gasteiger partial charge in [0.1, 0.15) is 24.0 Å². The predicted molar refractivity (Wildman–Crippen MR) is 174 cm³/mol. The maximum absolute atomic E-state index is 14.5. The quantitative estimate of drug-likeness (QED) is 0.306. The number of fused-ring (bicyclic) bond motifs is 4. The lowest BCUT2D eigenvalue weighted by atomic mass is 9.52. The van der Waals surface area contributed by atoms with Crippen LogP contribution in [0.4, 0.5) is 0 Å². The molecule has 4 aliphatic heterocycles. The molecule has 0 aromatic heterocycles. The van der Waals surface area contributed by atoms with Gasteiger partial charge in [0.05, 0.1) is 26.1 Å². The fourth-order valence-corrected chi connectivity index (χ4v) is 9.94. The van der Waals surface area contributed by atoms with Crippen LogP contribution >= 0.6 is 0 Å². The third-order valence-electron chi connectivity index (χ3n) is 12.4. The molecule has 0 radical (unpaired) electrons. The molecule has 2 aromatic carbocycles. The minimum Gasteiger partial charge on any atom is -0.469 e. The van der Waals surface area contributed by atoms with Gasteiger partial charge in [-0.1, -0.05) is 60.7 Å². The van der Waals surface area contributed by atoms with Crippen LogP contribution in [0.2, 0.25) is 0 Å². The minimum absolute atomic E-state index is 0.0551. The Bertz CT molecular complexity index is 1400. The highest BCUT2D eigenvalue weighted by Gasteiger charge is 2.62. The van der Waals surface area contributed by atoms with Crippen molar-refractivity contribution in [3.63, 3.8) is 0 Å². The van der Waals surface area contributed by atoms with E-state index in [4.69, 9.17) is 18.9 Å². The molecule has 48 heavy (non-hydrogen) atoms. The maximum atomic E-state index is 14.5. The first-order valence-electron chi connectivity index (χ1n) is 17.3. The summed E-state index contributed by atoms with van der Waals surface area (Å²) in [7, 11) is 6.80. The van der Waals surface area contributed by atoms with Crippen molar-refractivity contribution in [1.82, 2.24) is 9.80 Å². The van der Waals surface area contributed by atoms with Gasteiger partial charge in [0, 0.05) is 48.8 Å². The Kier molecular flexibility index (Phi) is 9.06. The molecule has 7 rings (SSSR count). The summed E-state index contributed by atoms with van der Waals surface area (Å²) in [4.78, 5) is 59.6. The zero-order valence-electron chi connectivity index (χ0n) is 28.1. The van der Waals surface area contributed by atoms with Gasteiger partial charge in [-0.25, -0.2) is 0 Å². The summed E-state index contributed by atoms with van der Waals surface area (Å²) in [6.07, 6.45) is 3.43. The fraction of sp³-hybridized carbons (Fsp3) is 0.579. The first-order valence-corrected chi connectivity index (χ1v) is 17.3. The Morgan fingerprint density at radius 2 is 0.917 bits per heavy atom. The van der Waals surface area contributed by atoms with Crippen molar-refractivity contribution in [3.05, 3.63) is 71.8 Å². The van der Waals surface area contributed by atoms with Crippen LogP contribution in [-0.2, 0) is 38.1 Å². The minimum atomic E-state index is -0.687. The van der Waals surface area contributed by atoms with Crippen LogP contribution in [-0.4, -0.2) is 98.4 Å². The van der Waals surface area contributed by atoms with Gasteiger partial charge in [0.2, 0.25) is 0 Å². The highest BCUT2D eigenvalue weighted by atomic mass is 16.6. The molecule has 256 valence electrons. The number of hydrogen-bond donors (Lipinski definition) is 0. The Labute approximate surface area is 282 Å². The molecule has 2 aromatic rings. The van der Waals surface area contributed by atoms with Crippen molar-refractivity contribution in [3.8, 4) is 0 Å². The Hall–Kier alpha value is -3.76. The van der Waals surface area contributed by atoms with Crippen molar-refractivity contribution in [2.45, 2.75) is 86.7 Å². The van der Waals surface area contributed by atoms with Gasteiger partial charge in [0.25, 0.3) is 0 Å². The third-order valence-corrected chi connectivity index (χ3v) is 12.4. The normalized spacial score (nSPS) is 37.2. The molecular formula is C38H46N2O8. The average molecular weight is 659 g/mol. The number of piperidine rings is 2. The van der Waals surface area contributed by atoms with E-state index in [2.05, 4.69) is 9.80 Å². The maximum Gasteiger partial charge on any atom is 0.314 e. The number of methoxy groups -OCH3 is 2. The molecule has 10 nitrogen and oxygen atoms in total. The van der Waals surface area contributed by atoms with Crippen LogP contribution in [0.5, 0.6) is 0 Å². The number of esters is 4. The molecule has 3 unspecified atom stereocenters. The van der Waals surface area contributed by atoms with E-state index in [0.717, 1.165) is 36.8 Å². The predicted octanol–water partition coefficient (Wildman–Crippen LogP) is 3.94. The van der Waals surface area contributed by atoms with Gasteiger partial charge < -0.3 is 18.9 Å². The second kappa shape index (κ2) is 13.3. The molecule has 1 saturated carbocycles. The molecule has 10 heteroatoms. The molecule has 0 amide bonds. The smallest absolute Gasteiger partial charge is 0.314 e. The van der Waals surface area contributed by atoms with Crippen LogP contribution < -0.4 is 0 Å². The molecule has 5 fully saturated rings. The van der Waals surface area contributed by atoms with Crippen molar-refractivity contribution in [1.29, 1.82) is 0 Å². The molecule has 4 heterocycles. The lowest BCUT2D eigenvalue weighted by molar-refractivity contribution is -0.184. The average Bonchev–Trinajstić information content (AvgIpc) is 3.45. The van der Waals surface area contributed by atoms with Crippen LogP contribution in [0.25, 0.3) is 0 Å². The van der Waals surface area contributed by atoms with E-state index in [-0.39, 0.29) is 36.1 Å². The standard InChI is InChI=1S/C38H46N2O8/c1-39-23-15-17-25(39)31(35(41)45-3)27(19-23)47-37(43)33-29(21-11-7-5-8-12-21)34(30(33)22-13-9-6-10-14-22)38(44)48-28-20-24-16-18-26(40(24)2)32(28)36(42)46-4/h5-14,23-34H,15-20H2,1-4H3/t23-,24-,25+,26+,27-,28?,29?,30?,31+,32+,33?,34?/m0/s1. The molecule has 4 saturated heterocycles. The zero-order valence-corrected chi connectivity index (χ0v) is 28.1. The summed E-state index contributed by atoms with van der Waals surface area (Å²) in [5, 5.41) is 0. The lowest BCUT2D eigenvalue weighted by Gasteiger charge is -2.51. The third kappa shape index (κ3) is 5.50. The molecule has 1 aliphatic carbocycles. The van der Waals surface area contributed by atoms with Crippen molar-refractivity contribution >= 4 is 23.9 Å². The summed E-state index contributed by atoms with van der Waals surface area (Å²) < 4.78 is 23.2. The molecule has 0 N–H and O–H groups in total. The molecule has 4 bridgehead atoms. The van der Waals surface area contributed by atoms with E-state index in [1.165, 1.54) is 14.2 Å². The van der Waals surface area contributed by atoms with Crippen LogP contribution in [0, 0.1) is 23.7 Å². The molecule has 5 aliphatic rings. The van der Waals surface area contributed by atoms with Gasteiger partial charge in [-0.3, -0.25) is 29.0 Å². The van der Waals surface area contributed by atoms with Gasteiger partial charge in [0.15, 0.2) is 0 Å². The Morgan fingerprint density at radius 1 is 0.542 bits per heavy atom. The van der Waals surface area contributed by atoms with E-state index in [1.54, 1.807) is 0 Å². The van der Waals surface area contributed by atoms with Crippen LogP contribution in [0.3, 0.4) is 0 Å². The summed E-state index contributed by atoms with van der Waals surface area (Å²) in [6.45, 7) is 0. The van der Waals surface area contributed by atoms with E-state index in [9.17, 15) is 19.2 Å². The van der Waals surface area contributed by atoms with Gasteiger partial charge in [-0.15, -0.1) is 0 Å². The number of carbonyl (C=O) groups is 4. The van der Waals surface area contributed by atoms with E-state index in [0.29, 0.717) is 12.8 Å². The van der Waals surface area contributed by atoms with E-state index >= 15 is 0 Å². The fourth-order valence-electron chi connectivity index (χ4n) is 9.94. The number of carbonyl (C=O) groups excluding carboxylic acids is 4. The first kappa shape index (κ1) is 32.8. The number of benzene rings is 2. The number of ether oxygens (including phenoxy) is 4. The first-order chi connectivity index (χ1) is 23.2. The highest BCUT2D eigenvalue weighted by Crippen LogP contribution is 2.59. The van der Waals surface area contributed by atoms with Gasteiger partial charge in [-0.05, 0) is 50.9 Å². The summed E-state index contributed by atoms with van der Waals surface area (Å²) in [5.74, 6) is -5.15. The van der Waals surface area contributed by atoms with E-state index in [1.807, 2.05) is 74.8 Å². The topological polar surface area (TPSA) is 112 Å². The van der Waals surface area contributed by atoms with Crippen molar-refractivity contribution < 1.29 is 38.1 Å². The van der Waals surface area contributed by atoms with Gasteiger partial charge >= 0.3 is 23.9 Å². The monoisotopic (exact) mass is 658 g/mol. The largest absolute Gasteiger partial charge is 0.469 e. The number of rotatable bonds is 8. The van der Waals surface area contributed by atoms with E-state index < -0.39 is 59.7 Å². The number of hydrogen-bond acceptors (Lipinski definition) is 10. The summed E-state index contributed by atoms with van der Waals surface area (Å²) in [5.41, 5.74) is 1.68. The molecule has 0 spiro atoms. The highest BCUT2D eigenvalue weighted by molar-refractivity contribution is 5.86. The second-order valence-electron chi connectivity index (χ2n) is 14.4. The van der Waals surface area contributed by atoms with Crippen LogP contribution in [0.1, 0.15) is 61.5 Å². The summed E-state index contributed by atoms with van der Waals surface area (Å²) in [6, 6.07) is 19.5. The second-order valence-corrected chi connectivity index (χ2v) is 14.4. The molecule has 10 atom stereocenters. The van der Waals surface area contributed by atoms with Crippen molar-refractivity contribution in [2.24, 2.45) is 23.7 Å². The van der Waals surface area contributed by atoms with Gasteiger partial charge in [-0.2, -0.15) is 0 Å². The van der Waals surface area contributed by atoms with Crippen molar-refractivity contribution in [2.75, 3.05) is 28.3 Å². The molecular weight excluding hydrogens is 612 g/mol. The Morgan fingerprint density at radius 3 is 1.27 bits per heavy atom. The summed E-state index contributed by atoms with van der Waals surface area (Å²) >= 11 is 0. The Balaban J connectivity index is 1.21. The SMILES string of the molecule is COC(=O)[C@H]1[C@@H](OC(=O)C2C(c3ccccc3)C(C(=O)OC3C[C@@H]4CC[C@H]([C@H]3C(=O)OC)N4C)C2c2ccccc2)C[C@@H]2CC[C@H]1N2C. The lowest BCUT2D eigenvalue weighted by Crippen LogP contribution is -2.57. The zero-order chi connectivity index (χ0) is 33.7.